The maximum Gasteiger partial charge on any atom is 0.0633 e. The van der Waals surface area contributed by atoms with Crippen LogP contribution in [-0.4, -0.2) is 17.3 Å². The number of azide groups is 1. The van der Waals surface area contributed by atoms with E-state index in [1.165, 1.54) is 6.42 Å². The second-order valence-corrected chi connectivity index (χ2v) is 4.25. The predicted molar refractivity (Wildman–Crippen MR) is 49.0 cm³/mol. The van der Waals surface area contributed by atoms with Crippen LogP contribution in [0.15, 0.2) is 5.11 Å². The molecule has 4 atom stereocenters. The van der Waals surface area contributed by atoms with E-state index in [2.05, 4.69) is 10.0 Å². The van der Waals surface area contributed by atoms with E-state index < -0.39 is 6.10 Å². The first-order chi connectivity index (χ1) is 6.31. The summed E-state index contributed by atoms with van der Waals surface area (Å²) in [7, 11) is 0. The van der Waals surface area contributed by atoms with E-state index in [9.17, 15) is 5.11 Å². The molecule has 72 valence electrons. The zero-order valence-corrected chi connectivity index (χ0v) is 7.63. The summed E-state index contributed by atoms with van der Waals surface area (Å²) in [5, 5.41) is 13.3. The summed E-state index contributed by atoms with van der Waals surface area (Å²) in [6, 6.07) is -0.174. The number of hydrogen-bond donors (Lipinski definition) is 1. The molecule has 4 nitrogen and oxygen atoms in total. The molecule has 2 rings (SSSR count). The van der Waals surface area contributed by atoms with Crippen LogP contribution >= 0.6 is 0 Å². The molecule has 0 unspecified atom stereocenters. The molecule has 0 aromatic rings. The van der Waals surface area contributed by atoms with E-state index in [-0.39, 0.29) is 6.04 Å². The summed E-state index contributed by atoms with van der Waals surface area (Å²) < 4.78 is 0. The van der Waals surface area contributed by atoms with Gasteiger partial charge in [-0.05, 0) is 49.5 Å². The fourth-order valence-electron chi connectivity index (χ4n) is 2.37. The Kier molecular flexibility index (Phi) is 2.42. The van der Waals surface area contributed by atoms with Gasteiger partial charge in [0.2, 0.25) is 0 Å². The number of nitrogens with zero attached hydrogens (tertiary/aromatic N) is 3. The number of fused-ring (bicyclic) bond motifs is 1. The van der Waals surface area contributed by atoms with E-state index in [4.69, 9.17) is 5.53 Å². The molecule has 2 aliphatic carbocycles. The number of hydrogen-bond acceptors (Lipinski definition) is 2. The average Bonchev–Trinajstić information content (AvgIpc) is 2.84. The van der Waals surface area contributed by atoms with E-state index in [1.54, 1.807) is 0 Å². The summed E-state index contributed by atoms with van der Waals surface area (Å²) in [4.78, 5) is 2.79. The fourth-order valence-corrected chi connectivity index (χ4v) is 2.37. The van der Waals surface area contributed by atoms with Gasteiger partial charge in [-0.2, -0.15) is 0 Å². The van der Waals surface area contributed by atoms with Crippen LogP contribution in [0.3, 0.4) is 0 Å². The molecule has 0 aromatic carbocycles. The maximum absolute atomic E-state index is 9.68. The Hall–Kier alpha value is -0.730. The van der Waals surface area contributed by atoms with Gasteiger partial charge in [0.1, 0.15) is 0 Å². The van der Waals surface area contributed by atoms with Crippen LogP contribution in [0.25, 0.3) is 10.4 Å². The third kappa shape index (κ3) is 1.95. The summed E-state index contributed by atoms with van der Waals surface area (Å²) in [6.45, 7) is 0. The second-order valence-electron chi connectivity index (χ2n) is 4.25. The molecule has 0 heterocycles. The van der Waals surface area contributed by atoms with Crippen LogP contribution in [0, 0.1) is 11.8 Å². The summed E-state index contributed by atoms with van der Waals surface area (Å²) >= 11 is 0. The Balaban J connectivity index is 1.96. The Morgan fingerprint density at radius 1 is 1.15 bits per heavy atom. The minimum Gasteiger partial charge on any atom is -0.393 e. The monoisotopic (exact) mass is 181 g/mol. The molecule has 0 radical (unpaired) electrons. The summed E-state index contributed by atoms with van der Waals surface area (Å²) in [6.07, 6.45) is 4.85. The van der Waals surface area contributed by atoms with Crippen molar-refractivity contribution in [3.05, 3.63) is 10.4 Å². The van der Waals surface area contributed by atoms with Crippen molar-refractivity contribution in [2.45, 2.75) is 44.2 Å². The summed E-state index contributed by atoms with van der Waals surface area (Å²) in [5.74, 6) is 1.73. The molecule has 4 heteroatoms. The molecule has 0 aliphatic heterocycles. The van der Waals surface area contributed by atoms with Gasteiger partial charge in [0.25, 0.3) is 0 Å². The van der Waals surface area contributed by atoms with Crippen LogP contribution in [0.4, 0.5) is 0 Å². The highest BCUT2D eigenvalue weighted by Crippen LogP contribution is 2.47. The number of aliphatic hydroxyl groups is 1. The second kappa shape index (κ2) is 3.56. The zero-order valence-electron chi connectivity index (χ0n) is 7.63. The largest absolute Gasteiger partial charge is 0.393 e. The Labute approximate surface area is 77.6 Å². The van der Waals surface area contributed by atoms with Crippen LogP contribution in [0.5, 0.6) is 0 Å². The molecule has 13 heavy (non-hydrogen) atoms. The van der Waals surface area contributed by atoms with Gasteiger partial charge in [-0.25, -0.2) is 0 Å². The van der Waals surface area contributed by atoms with Gasteiger partial charge >= 0.3 is 0 Å². The van der Waals surface area contributed by atoms with Gasteiger partial charge in [-0.3, -0.25) is 0 Å². The molecule has 0 saturated heterocycles. The SMILES string of the molecule is [N-]=[N+]=N[C@@H]1CC[C@@H]2C[C@H]2CC[C@@H]1O. The van der Waals surface area contributed by atoms with Crippen molar-refractivity contribution >= 4 is 0 Å². The molecular weight excluding hydrogens is 166 g/mol. The third-order valence-corrected chi connectivity index (χ3v) is 3.38. The zero-order chi connectivity index (χ0) is 9.26. The third-order valence-electron chi connectivity index (χ3n) is 3.38. The first-order valence-corrected chi connectivity index (χ1v) is 5.03. The van der Waals surface area contributed by atoms with Crippen LogP contribution in [0.1, 0.15) is 32.1 Å². The van der Waals surface area contributed by atoms with Crippen molar-refractivity contribution in [3.8, 4) is 0 Å². The van der Waals surface area contributed by atoms with Gasteiger partial charge in [0.15, 0.2) is 0 Å². The van der Waals surface area contributed by atoms with E-state index in [1.807, 2.05) is 0 Å². The lowest BCUT2D eigenvalue weighted by atomic mass is 9.95. The highest BCUT2D eigenvalue weighted by Gasteiger charge is 2.39. The maximum atomic E-state index is 9.68. The standard InChI is InChI=1S/C9H15N3O/c10-12-11-8-3-1-6-5-7(6)2-4-9(8)13/h6-9,13H,1-5H2/t6-,7-,8-,9+/m1/s1. The number of rotatable bonds is 1. The highest BCUT2D eigenvalue weighted by molar-refractivity contribution is 4.92. The van der Waals surface area contributed by atoms with E-state index in [0.717, 1.165) is 37.5 Å². The Morgan fingerprint density at radius 2 is 1.85 bits per heavy atom. The number of aliphatic hydroxyl groups excluding tert-OH is 1. The minimum absolute atomic E-state index is 0.174. The molecule has 1 N–H and O–H groups in total. The minimum atomic E-state index is -0.405. The quantitative estimate of drug-likeness (QED) is 0.376. The fraction of sp³-hybridized carbons (Fsp3) is 1.00. The Morgan fingerprint density at radius 3 is 2.54 bits per heavy atom. The molecule has 0 bridgehead atoms. The Bertz CT molecular complexity index is 237. The average molecular weight is 181 g/mol. The lowest BCUT2D eigenvalue weighted by Crippen LogP contribution is -2.25. The summed E-state index contributed by atoms with van der Waals surface area (Å²) in [5.41, 5.74) is 8.32. The van der Waals surface area contributed by atoms with Gasteiger partial charge in [0, 0.05) is 4.91 Å². The molecule has 2 fully saturated rings. The van der Waals surface area contributed by atoms with E-state index in [0.29, 0.717) is 0 Å². The van der Waals surface area contributed by atoms with Crippen molar-refractivity contribution in [3.63, 3.8) is 0 Å². The molecule has 0 spiro atoms. The lowest BCUT2D eigenvalue weighted by molar-refractivity contribution is 0.119. The van der Waals surface area contributed by atoms with Gasteiger partial charge < -0.3 is 5.11 Å². The van der Waals surface area contributed by atoms with Crippen molar-refractivity contribution in [1.29, 1.82) is 0 Å². The first kappa shape index (κ1) is 8.85. The molecule has 0 aromatic heterocycles. The highest BCUT2D eigenvalue weighted by atomic mass is 16.3. The molecular formula is C9H15N3O. The lowest BCUT2D eigenvalue weighted by Gasteiger charge is -2.20. The van der Waals surface area contributed by atoms with Crippen molar-refractivity contribution in [2.24, 2.45) is 17.0 Å². The van der Waals surface area contributed by atoms with Crippen molar-refractivity contribution in [1.82, 2.24) is 0 Å². The smallest absolute Gasteiger partial charge is 0.0633 e. The van der Waals surface area contributed by atoms with Gasteiger partial charge in [0.05, 0.1) is 12.1 Å². The van der Waals surface area contributed by atoms with Crippen LogP contribution in [0.2, 0.25) is 0 Å². The van der Waals surface area contributed by atoms with Gasteiger partial charge in [-0.1, -0.05) is 5.11 Å². The molecule has 2 saturated carbocycles. The normalized spacial score (nSPS) is 43.8. The van der Waals surface area contributed by atoms with E-state index >= 15 is 0 Å². The van der Waals surface area contributed by atoms with Crippen molar-refractivity contribution < 1.29 is 5.11 Å². The molecule has 0 amide bonds. The van der Waals surface area contributed by atoms with Crippen LogP contribution < -0.4 is 0 Å². The van der Waals surface area contributed by atoms with Crippen LogP contribution in [-0.2, 0) is 0 Å². The van der Waals surface area contributed by atoms with Gasteiger partial charge in [-0.15, -0.1) is 0 Å². The van der Waals surface area contributed by atoms with Crippen molar-refractivity contribution in [2.75, 3.05) is 0 Å². The first-order valence-electron chi connectivity index (χ1n) is 5.03. The predicted octanol–water partition coefficient (Wildman–Crippen LogP) is 2.24. The topological polar surface area (TPSA) is 69.0 Å². The molecule has 2 aliphatic rings.